The molecule has 0 radical (unpaired) electrons. The molecule has 2 amide bonds. The topological polar surface area (TPSA) is 142 Å². The maximum atomic E-state index is 12.6. The molecule has 0 saturated carbocycles. The van der Waals surface area contributed by atoms with Gasteiger partial charge in [0.2, 0.25) is 0 Å². The number of pyridine rings is 1. The highest BCUT2D eigenvalue weighted by Gasteiger charge is 2.38. The molecular formula is C16H19N7O6. The third-order valence-electron chi connectivity index (χ3n) is 3.91. The highest BCUT2D eigenvalue weighted by atomic mass is 16.6. The molecule has 13 heteroatoms. The van der Waals surface area contributed by atoms with Gasteiger partial charge in [0.15, 0.2) is 6.17 Å². The van der Waals surface area contributed by atoms with E-state index in [0.717, 1.165) is 13.9 Å². The van der Waals surface area contributed by atoms with Gasteiger partial charge in [-0.05, 0) is 26.0 Å². The SMILES string of the molecule is CCOC(=O)NN(C(=O)OCC)C1=NC(c2ccccn2)n2c(=O)n(C)c(=O)n21. The van der Waals surface area contributed by atoms with Gasteiger partial charge in [-0.15, -0.1) is 5.01 Å². The molecule has 13 nitrogen and oxygen atoms in total. The Morgan fingerprint density at radius 3 is 2.52 bits per heavy atom. The fraction of sp³-hybridized carbons (Fsp3) is 0.375. The minimum Gasteiger partial charge on any atom is -0.449 e. The normalized spacial score (nSPS) is 14.7. The van der Waals surface area contributed by atoms with Crippen molar-refractivity contribution in [2.45, 2.75) is 20.0 Å². The van der Waals surface area contributed by atoms with Gasteiger partial charge < -0.3 is 9.47 Å². The van der Waals surface area contributed by atoms with Gasteiger partial charge in [-0.3, -0.25) is 4.98 Å². The lowest BCUT2D eigenvalue weighted by molar-refractivity contribution is 0.0979. The van der Waals surface area contributed by atoms with Crippen LogP contribution in [-0.2, 0) is 16.5 Å². The molecule has 1 unspecified atom stereocenters. The number of nitrogens with one attached hydrogen (secondary N) is 1. The van der Waals surface area contributed by atoms with E-state index in [2.05, 4.69) is 15.4 Å². The summed E-state index contributed by atoms with van der Waals surface area (Å²) < 4.78 is 12.5. The highest BCUT2D eigenvalue weighted by molar-refractivity contribution is 5.97. The summed E-state index contributed by atoms with van der Waals surface area (Å²) in [6, 6.07) is 4.97. The lowest BCUT2D eigenvalue weighted by Gasteiger charge is -2.21. The Kier molecular flexibility index (Phi) is 5.47. The molecule has 0 aromatic carbocycles. The van der Waals surface area contributed by atoms with Gasteiger partial charge in [0.25, 0.3) is 5.96 Å². The number of amides is 2. The average molecular weight is 405 g/mol. The first kappa shape index (κ1) is 19.9. The molecule has 0 aliphatic carbocycles. The number of aliphatic imine (C=N–C) groups is 1. The Morgan fingerprint density at radius 2 is 1.90 bits per heavy atom. The van der Waals surface area contributed by atoms with Gasteiger partial charge in [0.05, 0.1) is 18.9 Å². The molecule has 29 heavy (non-hydrogen) atoms. The van der Waals surface area contributed by atoms with Crippen LogP contribution in [0.4, 0.5) is 9.59 Å². The predicted octanol–water partition coefficient (Wildman–Crippen LogP) is -0.372. The molecule has 2 aromatic rings. The summed E-state index contributed by atoms with van der Waals surface area (Å²) in [4.78, 5) is 58.1. The number of hydrogen-bond acceptors (Lipinski definition) is 8. The number of rotatable bonds is 3. The second kappa shape index (κ2) is 8.00. The van der Waals surface area contributed by atoms with Crippen molar-refractivity contribution in [2.75, 3.05) is 13.2 Å². The number of nitrogens with zero attached hydrogens (tertiary/aromatic N) is 6. The number of fused-ring (bicyclic) bond motifs is 1. The maximum absolute atomic E-state index is 12.6. The fourth-order valence-electron chi connectivity index (χ4n) is 2.66. The first-order valence-corrected chi connectivity index (χ1v) is 8.70. The van der Waals surface area contributed by atoms with Crippen molar-refractivity contribution in [3.63, 3.8) is 0 Å². The van der Waals surface area contributed by atoms with Crippen LogP contribution in [0.1, 0.15) is 25.7 Å². The van der Waals surface area contributed by atoms with E-state index in [0.29, 0.717) is 10.7 Å². The van der Waals surface area contributed by atoms with Crippen molar-refractivity contribution < 1.29 is 19.1 Å². The molecule has 2 aromatic heterocycles. The van der Waals surface area contributed by atoms with E-state index >= 15 is 0 Å². The summed E-state index contributed by atoms with van der Waals surface area (Å²) in [6.45, 7) is 3.19. The van der Waals surface area contributed by atoms with Crippen molar-refractivity contribution >= 4 is 18.1 Å². The number of hydrazine groups is 1. The van der Waals surface area contributed by atoms with Crippen molar-refractivity contribution in [2.24, 2.45) is 12.0 Å². The summed E-state index contributed by atoms with van der Waals surface area (Å²) in [5, 5.41) is 0.613. The van der Waals surface area contributed by atoms with E-state index in [1.807, 2.05) is 0 Å². The Labute approximate surface area is 163 Å². The van der Waals surface area contributed by atoms with Crippen molar-refractivity contribution in [3.8, 4) is 0 Å². The molecule has 1 atom stereocenters. The zero-order chi connectivity index (χ0) is 21.1. The summed E-state index contributed by atoms with van der Waals surface area (Å²) in [5.41, 5.74) is 1.08. The molecule has 0 spiro atoms. The first-order valence-electron chi connectivity index (χ1n) is 8.70. The summed E-state index contributed by atoms with van der Waals surface area (Å²) in [6.07, 6.45) is -1.52. The van der Waals surface area contributed by atoms with E-state index in [4.69, 9.17) is 9.47 Å². The second-order valence-electron chi connectivity index (χ2n) is 5.70. The van der Waals surface area contributed by atoms with Crippen LogP contribution in [0.5, 0.6) is 0 Å². The largest absolute Gasteiger partial charge is 0.449 e. The van der Waals surface area contributed by atoms with E-state index in [1.165, 1.54) is 13.2 Å². The monoisotopic (exact) mass is 405 g/mol. The zero-order valence-corrected chi connectivity index (χ0v) is 15.9. The van der Waals surface area contributed by atoms with E-state index in [1.54, 1.807) is 32.0 Å². The molecule has 0 fully saturated rings. The molecule has 1 aliphatic rings. The van der Waals surface area contributed by atoms with E-state index in [-0.39, 0.29) is 19.2 Å². The second-order valence-corrected chi connectivity index (χ2v) is 5.70. The Bertz CT molecular complexity index is 1070. The van der Waals surface area contributed by atoms with Crippen molar-refractivity contribution in [1.29, 1.82) is 0 Å². The van der Waals surface area contributed by atoms with Gasteiger partial charge in [-0.25, -0.2) is 34.2 Å². The van der Waals surface area contributed by atoms with E-state index in [9.17, 15) is 19.2 Å². The zero-order valence-electron chi connectivity index (χ0n) is 15.9. The van der Waals surface area contributed by atoms with Crippen LogP contribution in [0.3, 0.4) is 0 Å². The third-order valence-corrected chi connectivity index (χ3v) is 3.91. The Morgan fingerprint density at radius 1 is 1.17 bits per heavy atom. The number of hydrogen-bond donors (Lipinski definition) is 1. The Balaban J connectivity index is 2.16. The minimum absolute atomic E-state index is 0.00666. The first-order chi connectivity index (χ1) is 13.9. The molecule has 0 bridgehead atoms. The van der Waals surface area contributed by atoms with Gasteiger partial charge >= 0.3 is 23.6 Å². The van der Waals surface area contributed by atoms with Gasteiger partial charge in [-0.2, -0.15) is 9.36 Å². The van der Waals surface area contributed by atoms with Crippen LogP contribution < -0.4 is 16.8 Å². The molecular weight excluding hydrogens is 386 g/mol. The quantitative estimate of drug-likeness (QED) is 0.686. The van der Waals surface area contributed by atoms with Gasteiger partial charge in [-0.1, -0.05) is 6.07 Å². The minimum atomic E-state index is -1.03. The summed E-state index contributed by atoms with van der Waals surface area (Å²) in [5.74, 6) is -0.338. The molecule has 1 aliphatic heterocycles. The fourth-order valence-corrected chi connectivity index (χ4v) is 2.66. The van der Waals surface area contributed by atoms with Crippen molar-refractivity contribution in [3.05, 3.63) is 51.1 Å². The van der Waals surface area contributed by atoms with Gasteiger partial charge in [0, 0.05) is 13.2 Å². The van der Waals surface area contributed by atoms with Crippen LogP contribution in [0.15, 0.2) is 39.0 Å². The van der Waals surface area contributed by atoms with Crippen LogP contribution in [-0.4, -0.2) is 55.3 Å². The Hall–Kier alpha value is -3.90. The number of carbonyl (C=O) groups is 2. The third kappa shape index (κ3) is 3.49. The van der Waals surface area contributed by atoms with Crippen LogP contribution in [0, 0.1) is 0 Å². The molecule has 3 rings (SSSR count). The van der Waals surface area contributed by atoms with Crippen LogP contribution in [0.25, 0.3) is 0 Å². The molecule has 154 valence electrons. The van der Waals surface area contributed by atoms with Crippen LogP contribution >= 0.6 is 0 Å². The number of carbonyl (C=O) groups excluding carboxylic acids is 2. The molecule has 0 saturated heterocycles. The van der Waals surface area contributed by atoms with E-state index < -0.39 is 29.7 Å². The molecule has 1 N–H and O–H groups in total. The standard InChI is InChI=1S/C16H19N7O6/c1-4-28-13(24)19-21(16(27)29-5-2)12-18-11(10-8-6-7-9-17-10)22-14(25)20(3)15(26)23(12)22/h6-9,11H,4-5H2,1-3H3,(H,19,24). The lowest BCUT2D eigenvalue weighted by atomic mass is 10.3. The van der Waals surface area contributed by atoms with Crippen LogP contribution in [0.2, 0.25) is 0 Å². The van der Waals surface area contributed by atoms with Crippen molar-refractivity contribution in [1.82, 2.24) is 29.3 Å². The summed E-state index contributed by atoms with van der Waals surface area (Å²) in [7, 11) is 1.28. The smallest absolute Gasteiger partial charge is 0.436 e. The van der Waals surface area contributed by atoms with Gasteiger partial charge in [0.1, 0.15) is 0 Å². The summed E-state index contributed by atoms with van der Waals surface area (Å²) >= 11 is 0. The average Bonchev–Trinajstić information content (AvgIpc) is 3.20. The lowest BCUT2D eigenvalue weighted by Crippen LogP contribution is -2.54. The maximum Gasteiger partial charge on any atom is 0.436 e. The predicted molar refractivity (Wildman–Crippen MR) is 98.2 cm³/mol. The molecule has 3 heterocycles. The number of aromatic nitrogens is 4. The highest BCUT2D eigenvalue weighted by Crippen LogP contribution is 2.21. The number of ether oxygens (including phenoxy) is 2.